The third-order valence-corrected chi connectivity index (χ3v) is 6.90. The Balaban J connectivity index is 1.28. The van der Waals surface area contributed by atoms with Gasteiger partial charge in [0.2, 0.25) is 5.95 Å². The molecule has 1 saturated carbocycles. The van der Waals surface area contributed by atoms with Gasteiger partial charge < -0.3 is 25.0 Å². The van der Waals surface area contributed by atoms with Gasteiger partial charge in [-0.1, -0.05) is 26.0 Å². The molecule has 7 heteroatoms. The Labute approximate surface area is 222 Å². The lowest BCUT2D eigenvalue weighted by atomic mass is 9.86. The van der Waals surface area contributed by atoms with Gasteiger partial charge in [-0.2, -0.15) is 4.98 Å². The number of rotatable bonds is 13. The van der Waals surface area contributed by atoms with E-state index in [1.165, 1.54) is 18.4 Å². The van der Waals surface area contributed by atoms with E-state index in [1.807, 2.05) is 38.4 Å². The Bertz CT molecular complexity index is 1130. The molecule has 0 bridgehead atoms. The maximum atomic E-state index is 5.99. The molecule has 3 aromatic rings. The number of para-hydroxylation sites is 1. The van der Waals surface area contributed by atoms with Gasteiger partial charge in [0.05, 0.1) is 18.7 Å². The van der Waals surface area contributed by atoms with E-state index in [0.29, 0.717) is 12.0 Å². The summed E-state index contributed by atoms with van der Waals surface area (Å²) in [5, 5.41) is 8.39. The van der Waals surface area contributed by atoms with E-state index in [9.17, 15) is 0 Å². The molecule has 1 heterocycles. The van der Waals surface area contributed by atoms with Crippen LogP contribution in [0.3, 0.4) is 0 Å². The zero-order chi connectivity index (χ0) is 26.0. The van der Waals surface area contributed by atoms with Crippen molar-refractivity contribution in [3.05, 3.63) is 48.0 Å². The number of anilines is 2. The smallest absolute Gasteiger partial charge is 0.225 e. The number of hydrogen-bond donors (Lipinski definition) is 2. The zero-order valence-electron chi connectivity index (χ0n) is 22.9. The van der Waals surface area contributed by atoms with Crippen LogP contribution in [0.25, 0.3) is 10.9 Å². The van der Waals surface area contributed by atoms with Gasteiger partial charge in [-0.15, -0.1) is 0 Å². The Kier molecular flexibility index (Phi) is 9.83. The summed E-state index contributed by atoms with van der Waals surface area (Å²) in [5.74, 6) is 4.24. The Morgan fingerprint density at radius 1 is 0.919 bits per heavy atom. The van der Waals surface area contributed by atoms with Crippen molar-refractivity contribution in [3.63, 3.8) is 0 Å². The first-order valence-electron chi connectivity index (χ1n) is 13.9. The van der Waals surface area contributed by atoms with E-state index in [2.05, 4.69) is 47.6 Å². The van der Waals surface area contributed by atoms with Crippen LogP contribution in [0, 0.1) is 5.92 Å². The van der Waals surface area contributed by atoms with Gasteiger partial charge in [-0.25, -0.2) is 4.98 Å². The number of hydrogen-bond acceptors (Lipinski definition) is 7. The van der Waals surface area contributed by atoms with Crippen LogP contribution in [-0.2, 0) is 6.54 Å². The van der Waals surface area contributed by atoms with Crippen LogP contribution in [0.5, 0.6) is 11.5 Å². The van der Waals surface area contributed by atoms with Crippen molar-refractivity contribution in [3.8, 4) is 11.5 Å². The van der Waals surface area contributed by atoms with E-state index in [0.717, 1.165) is 86.2 Å². The number of ether oxygens (including phenoxy) is 2. The highest BCUT2D eigenvalue weighted by molar-refractivity contribution is 5.90. The molecule has 200 valence electrons. The quantitative estimate of drug-likeness (QED) is 0.294. The van der Waals surface area contributed by atoms with Crippen molar-refractivity contribution < 1.29 is 9.47 Å². The highest BCUT2D eigenvalue weighted by Crippen LogP contribution is 2.29. The van der Waals surface area contributed by atoms with Crippen LogP contribution in [0.4, 0.5) is 11.8 Å². The van der Waals surface area contributed by atoms with Gasteiger partial charge >= 0.3 is 0 Å². The van der Waals surface area contributed by atoms with Crippen LogP contribution in [0.15, 0.2) is 42.5 Å². The van der Waals surface area contributed by atoms with Crippen LogP contribution >= 0.6 is 0 Å². The van der Waals surface area contributed by atoms with Crippen molar-refractivity contribution in [2.45, 2.75) is 65.0 Å². The van der Waals surface area contributed by atoms with Gasteiger partial charge in [-0.05, 0) is 81.3 Å². The number of benzene rings is 2. The lowest BCUT2D eigenvalue weighted by molar-refractivity contribution is 0.302. The first kappa shape index (κ1) is 27.0. The second-order valence-corrected chi connectivity index (χ2v) is 10.2. The molecule has 0 atom stereocenters. The van der Waals surface area contributed by atoms with Crippen LogP contribution in [0.2, 0.25) is 0 Å². The average Bonchev–Trinajstić information content (AvgIpc) is 2.91. The average molecular weight is 506 g/mol. The highest BCUT2D eigenvalue weighted by atomic mass is 16.5. The molecule has 0 aliphatic heterocycles. The number of nitrogens with one attached hydrogen (secondary N) is 2. The molecule has 0 unspecified atom stereocenters. The summed E-state index contributed by atoms with van der Waals surface area (Å²) in [5.41, 5.74) is 2.15. The van der Waals surface area contributed by atoms with Crippen LogP contribution in [0.1, 0.15) is 57.9 Å². The molecular formula is C30H43N5O2. The Morgan fingerprint density at radius 3 is 2.43 bits per heavy atom. The summed E-state index contributed by atoms with van der Waals surface area (Å²) < 4.78 is 11.8. The molecule has 1 aliphatic carbocycles. The summed E-state index contributed by atoms with van der Waals surface area (Å²) in [4.78, 5) is 11.7. The minimum absolute atomic E-state index is 0.411. The molecule has 1 fully saturated rings. The lowest BCUT2D eigenvalue weighted by Crippen LogP contribution is -2.31. The standard InChI is InChI=1S/C30H43N5O2/c1-5-17-36-25-15-16-28(37-18-6-2)23(19-25)21-31-20-22-11-13-24(14-12-22)32-30-33-27-10-8-7-9-26(27)29(34-30)35(3)4/h7-10,15-16,19,22,24,31H,5-6,11-14,17-18,20-21H2,1-4H3,(H,32,33,34)/t22-,24+. The third-order valence-electron chi connectivity index (χ3n) is 6.90. The molecule has 2 aromatic carbocycles. The van der Waals surface area contributed by atoms with Gasteiger partial charge in [0, 0.05) is 37.6 Å². The van der Waals surface area contributed by atoms with Crippen molar-refractivity contribution >= 4 is 22.7 Å². The topological polar surface area (TPSA) is 71.5 Å². The van der Waals surface area contributed by atoms with Gasteiger partial charge in [0.1, 0.15) is 17.3 Å². The van der Waals surface area contributed by atoms with E-state index < -0.39 is 0 Å². The normalized spacial score (nSPS) is 17.5. The number of fused-ring (bicyclic) bond motifs is 1. The molecule has 2 N–H and O–H groups in total. The monoisotopic (exact) mass is 505 g/mol. The fraction of sp³-hybridized carbons (Fsp3) is 0.533. The minimum Gasteiger partial charge on any atom is -0.494 e. The molecule has 0 amide bonds. The maximum Gasteiger partial charge on any atom is 0.225 e. The SMILES string of the molecule is CCCOc1ccc(OCCC)c(CNC[C@H]2CC[C@@H](Nc3nc(N(C)C)c4ccccc4n3)CC2)c1. The number of nitrogens with zero attached hydrogens (tertiary/aromatic N) is 3. The molecule has 37 heavy (non-hydrogen) atoms. The molecule has 1 aromatic heterocycles. The summed E-state index contributed by atoms with van der Waals surface area (Å²) in [6.45, 7) is 7.53. The number of aromatic nitrogens is 2. The van der Waals surface area contributed by atoms with E-state index in [4.69, 9.17) is 19.4 Å². The molecule has 0 spiro atoms. The second kappa shape index (κ2) is 13.5. The molecule has 0 saturated heterocycles. The molecule has 7 nitrogen and oxygen atoms in total. The van der Waals surface area contributed by atoms with E-state index >= 15 is 0 Å². The van der Waals surface area contributed by atoms with Crippen molar-refractivity contribution in [1.29, 1.82) is 0 Å². The predicted molar refractivity (Wildman–Crippen MR) is 153 cm³/mol. The van der Waals surface area contributed by atoms with Crippen molar-refractivity contribution in [2.75, 3.05) is 44.1 Å². The van der Waals surface area contributed by atoms with Crippen molar-refractivity contribution in [1.82, 2.24) is 15.3 Å². The lowest BCUT2D eigenvalue weighted by Gasteiger charge is -2.29. The Morgan fingerprint density at radius 2 is 1.68 bits per heavy atom. The maximum absolute atomic E-state index is 5.99. The third kappa shape index (κ3) is 7.48. The fourth-order valence-electron chi connectivity index (χ4n) is 4.93. The van der Waals surface area contributed by atoms with E-state index in [-0.39, 0.29) is 0 Å². The summed E-state index contributed by atoms with van der Waals surface area (Å²) in [6.07, 6.45) is 6.65. The highest BCUT2D eigenvalue weighted by Gasteiger charge is 2.22. The van der Waals surface area contributed by atoms with Crippen molar-refractivity contribution in [2.24, 2.45) is 5.92 Å². The molecular weight excluding hydrogens is 462 g/mol. The molecule has 4 rings (SSSR count). The Hall–Kier alpha value is -3.06. The summed E-state index contributed by atoms with van der Waals surface area (Å²) in [7, 11) is 4.06. The molecule has 0 radical (unpaired) electrons. The van der Waals surface area contributed by atoms with Crippen LogP contribution in [-0.4, -0.2) is 49.9 Å². The van der Waals surface area contributed by atoms with Gasteiger partial charge in [-0.3, -0.25) is 0 Å². The molecule has 1 aliphatic rings. The first-order chi connectivity index (χ1) is 18.1. The second-order valence-electron chi connectivity index (χ2n) is 10.2. The van der Waals surface area contributed by atoms with Crippen LogP contribution < -0.4 is 25.0 Å². The van der Waals surface area contributed by atoms with Gasteiger partial charge in [0.25, 0.3) is 0 Å². The summed E-state index contributed by atoms with van der Waals surface area (Å²) in [6, 6.07) is 14.8. The largest absolute Gasteiger partial charge is 0.494 e. The summed E-state index contributed by atoms with van der Waals surface area (Å²) >= 11 is 0. The van der Waals surface area contributed by atoms with E-state index in [1.54, 1.807) is 0 Å². The fourth-order valence-corrected chi connectivity index (χ4v) is 4.93. The predicted octanol–water partition coefficient (Wildman–Crippen LogP) is 6.03. The van der Waals surface area contributed by atoms with Gasteiger partial charge in [0.15, 0.2) is 0 Å². The first-order valence-corrected chi connectivity index (χ1v) is 13.9. The zero-order valence-corrected chi connectivity index (χ0v) is 22.9. The minimum atomic E-state index is 0.411.